The average Bonchev–Trinajstić information content (AvgIpc) is 3.68. The van der Waals surface area contributed by atoms with Gasteiger partial charge in [-0.2, -0.15) is 0 Å². The number of amides is 3. The summed E-state index contributed by atoms with van der Waals surface area (Å²) >= 11 is 0. The van der Waals surface area contributed by atoms with Crippen LogP contribution in [-0.2, 0) is 44.9 Å². The van der Waals surface area contributed by atoms with Crippen LogP contribution in [0, 0.1) is 23.7 Å². The number of rotatable bonds is 22. The molecule has 2 saturated carbocycles. The predicted molar refractivity (Wildman–Crippen MR) is 220 cm³/mol. The fraction of sp³-hybridized carbons (Fsp3) is 0.596. The molecule has 2 aromatic rings. The molecule has 3 N–H and O–H groups in total. The number of hydrogen-bond acceptors (Lipinski definition) is 8. The van der Waals surface area contributed by atoms with E-state index in [0.717, 1.165) is 63.4 Å². The molecular formula is C47H63N3O8. The van der Waals surface area contributed by atoms with Crippen molar-refractivity contribution in [3.8, 4) is 0 Å². The maximum absolute atomic E-state index is 14.8. The minimum absolute atomic E-state index is 0.0618. The van der Waals surface area contributed by atoms with E-state index in [0.29, 0.717) is 30.9 Å². The first-order valence-corrected chi connectivity index (χ1v) is 21.7. The summed E-state index contributed by atoms with van der Waals surface area (Å²) in [5.74, 6) is -4.22. The number of carbonyl (C=O) groups is 7. The van der Waals surface area contributed by atoms with Crippen molar-refractivity contribution in [2.45, 2.75) is 147 Å². The number of benzene rings is 2. The molecule has 2 aliphatic carbocycles. The molecule has 1 heterocycles. The van der Waals surface area contributed by atoms with E-state index in [1.807, 2.05) is 37.3 Å². The third-order valence-electron chi connectivity index (χ3n) is 12.5. The van der Waals surface area contributed by atoms with Crippen molar-refractivity contribution in [1.29, 1.82) is 0 Å². The van der Waals surface area contributed by atoms with Crippen molar-refractivity contribution in [3.63, 3.8) is 0 Å². The maximum atomic E-state index is 14.8. The molecule has 58 heavy (non-hydrogen) atoms. The highest BCUT2D eigenvalue weighted by molar-refractivity contribution is 6.38. The molecule has 5 rings (SSSR count). The molecule has 2 aromatic carbocycles. The Labute approximate surface area is 343 Å². The van der Waals surface area contributed by atoms with Gasteiger partial charge in [0.1, 0.15) is 11.8 Å². The zero-order valence-corrected chi connectivity index (χ0v) is 34.2. The van der Waals surface area contributed by atoms with E-state index in [2.05, 4.69) is 5.32 Å². The van der Waals surface area contributed by atoms with Crippen molar-refractivity contribution < 1.29 is 38.3 Å². The number of likely N-dealkylation sites (tertiary alicyclic amines) is 1. The number of Topliss-reactive ketones (excluding diaryl/α,β-unsaturated/α-hetero) is 4. The fourth-order valence-corrected chi connectivity index (χ4v) is 9.33. The van der Waals surface area contributed by atoms with E-state index >= 15 is 0 Å². The molecule has 3 amide bonds. The van der Waals surface area contributed by atoms with Crippen LogP contribution < -0.4 is 11.1 Å². The van der Waals surface area contributed by atoms with Crippen LogP contribution in [0.1, 0.15) is 140 Å². The average molecular weight is 798 g/mol. The van der Waals surface area contributed by atoms with E-state index in [-0.39, 0.29) is 68.5 Å². The fourth-order valence-electron chi connectivity index (χ4n) is 9.33. The van der Waals surface area contributed by atoms with Gasteiger partial charge in [-0.1, -0.05) is 125 Å². The summed E-state index contributed by atoms with van der Waals surface area (Å²) < 4.78 is 6.32. The molecule has 2 unspecified atom stereocenters. The van der Waals surface area contributed by atoms with Gasteiger partial charge in [-0.05, 0) is 42.2 Å². The van der Waals surface area contributed by atoms with Gasteiger partial charge in [0.15, 0.2) is 11.6 Å². The first-order valence-electron chi connectivity index (χ1n) is 21.7. The quantitative estimate of drug-likeness (QED) is 0.121. The van der Waals surface area contributed by atoms with Crippen LogP contribution >= 0.6 is 0 Å². The van der Waals surface area contributed by atoms with Gasteiger partial charge in [0.2, 0.25) is 23.5 Å². The lowest BCUT2D eigenvalue weighted by atomic mass is 9.75. The molecule has 0 bridgehead atoms. The molecule has 5 atom stereocenters. The monoisotopic (exact) mass is 797 g/mol. The van der Waals surface area contributed by atoms with Gasteiger partial charge in [0, 0.05) is 56.9 Å². The summed E-state index contributed by atoms with van der Waals surface area (Å²) in [5.41, 5.74) is 6.99. The molecule has 0 aromatic heterocycles. The molecule has 314 valence electrons. The first-order chi connectivity index (χ1) is 28.0. The molecule has 1 aliphatic heterocycles. The number of ether oxygens (including phenoxy) is 1. The number of carbonyl (C=O) groups excluding carboxylic acids is 7. The van der Waals surface area contributed by atoms with E-state index in [4.69, 9.17) is 10.5 Å². The Hall–Kier alpha value is -4.51. The van der Waals surface area contributed by atoms with E-state index in [9.17, 15) is 33.6 Å². The Bertz CT molecular complexity index is 1700. The Kier molecular flexibility index (Phi) is 17.4. The Morgan fingerprint density at radius 1 is 0.810 bits per heavy atom. The molecule has 3 aliphatic rings. The van der Waals surface area contributed by atoms with Crippen molar-refractivity contribution in [2.24, 2.45) is 29.4 Å². The van der Waals surface area contributed by atoms with Crippen LogP contribution in [0.25, 0.3) is 0 Å². The van der Waals surface area contributed by atoms with Gasteiger partial charge in [0.25, 0.3) is 0 Å². The summed E-state index contributed by atoms with van der Waals surface area (Å²) in [4.78, 5) is 96.2. The van der Waals surface area contributed by atoms with E-state index in [1.54, 1.807) is 35.2 Å². The second-order valence-electron chi connectivity index (χ2n) is 16.9. The van der Waals surface area contributed by atoms with E-state index < -0.39 is 53.4 Å². The predicted octanol–water partition coefficient (Wildman–Crippen LogP) is 6.94. The second kappa shape index (κ2) is 22.6. The molecule has 11 nitrogen and oxygen atoms in total. The first kappa shape index (κ1) is 44.6. The Morgan fingerprint density at radius 3 is 2.09 bits per heavy atom. The van der Waals surface area contributed by atoms with Crippen LogP contribution in [0.4, 0.5) is 0 Å². The highest BCUT2D eigenvalue weighted by atomic mass is 16.5. The van der Waals surface area contributed by atoms with Crippen LogP contribution in [0.15, 0.2) is 60.7 Å². The number of primary amides is 1. The summed E-state index contributed by atoms with van der Waals surface area (Å²) in [6, 6.07) is 16.2. The molecular weight excluding hydrogens is 735 g/mol. The lowest BCUT2D eigenvalue weighted by Crippen LogP contribution is -2.47. The molecule has 1 saturated heterocycles. The van der Waals surface area contributed by atoms with Gasteiger partial charge < -0.3 is 20.7 Å². The second-order valence-corrected chi connectivity index (χ2v) is 16.9. The summed E-state index contributed by atoms with van der Waals surface area (Å²) in [6.45, 7) is 2.39. The van der Waals surface area contributed by atoms with Crippen LogP contribution in [0.3, 0.4) is 0 Å². The zero-order chi connectivity index (χ0) is 41.4. The van der Waals surface area contributed by atoms with Crippen LogP contribution in [0.2, 0.25) is 0 Å². The lowest BCUT2D eigenvalue weighted by molar-refractivity contribution is -0.146. The van der Waals surface area contributed by atoms with Crippen LogP contribution in [0.5, 0.6) is 0 Å². The summed E-state index contributed by atoms with van der Waals surface area (Å²) in [7, 11) is 0. The minimum atomic E-state index is -1.09. The van der Waals surface area contributed by atoms with Gasteiger partial charge in [0.05, 0.1) is 18.8 Å². The van der Waals surface area contributed by atoms with Crippen molar-refractivity contribution in [2.75, 3.05) is 6.54 Å². The summed E-state index contributed by atoms with van der Waals surface area (Å²) in [6.07, 6.45) is 10.8. The number of ketones is 4. The Balaban J connectivity index is 1.28. The zero-order valence-electron chi connectivity index (χ0n) is 34.2. The van der Waals surface area contributed by atoms with E-state index in [1.165, 1.54) is 6.42 Å². The molecule has 0 spiro atoms. The summed E-state index contributed by atoms with van der Waals surface area (Å²) in [5, 5.41) is 2.55. The number of nitrogens with one attached hydrogen (secondary N) is 1. The van der Waals surface area contributed by atoms with Gasteiger partial charge >= 0.3 is 0 Å². The third kappa shape index (κ3) is 13.0. The van der Waals surface area contributed by atoms with Crippen molar-refractivity contribution >= 4 is 40.9 Å². The normalized spacial score (nSPS) is 20.5. The lowest BCUT2D eigenvalue weighted by Gasteiger charge is -2.34. The van der Waals surface area contributed by atoms with Crippen molar-refractivity contribution in [1.82, 2.24) is 10.2 Å². The number of nitrogens with zero attached hydrogens (tertiary/aromatic N) is 1. The van der Waals surface area contributed by atoms with Gasteiger partial charge in [-0.25, -0.2) is 0 Å². The molecule has 0 radical (unpaired) electrons. The molecule has 3 fully saturated rings. The van der Waals surface area contributed by atoms with Gasteiger partial charge in [-0.3, -0.25) is 33.6 Å². The largest absolute Gasteiger partial charge is 0.372 e. The third-order valence-corrected chi connectivity index (χ3v) is 12.5. The highest BCUT2D eigenvalue weighted by Gasteiger charge is 2.45. The maximum Gasteiger partial charge on any atom is 0.244 e. The standard InChI is InChI=1S/C47H63N3O8/c1-2-15-36(45(55)41(52)24-25-43(54)49-44(46(48)56)35-22-13-6-14-23-35)27-42(53)40-29-38(58-31-33-18-9-4-10-19-33)30-50(40)47(57)39(34-20-11-5-12-21-34)28-37(51)26-32-16-7-3-8-17-32/h4,6,9-10,13-14,18-19,22-23,32,34,36,38-40,44H,2-3,5,7-8,11-12,15-17,20-21,24-31H2,1H3,(H2,48,56)(H,49,54)/t36?,38-,39?,40+,44-/m1/s1. The van der Waals surface area contributed by atoms with Gasteiger partial charge in [-0.15, -0.1) is 0 Å². The number of nitrogens with two attached hydrogens (primary N) is 1. The smallest absolute Gasteiger partial charge is 0.244 e. The van der Waals surface area contributed by atoms with Crippen molar-refractivity contribution in [3.05, 3.63) is 71.8 Å². The topological polar surface area (TPSA) is 170 Å². The number of hydrogen-bond donors (Lipinski definition) is 2. The Morgan fingerprint density at radius 2 is 1.45 bits per heavy atom. The minimum Gasteiger partial charge on any atom is -0.372 e. The van der Waals surface area contributed by atoms with Crippen LogP contribution in [-0.4, -0.2) is 64.4 Å². The molecule has 11 heteroatoms. The highest BCUT2D eigenvalue weighted by Crippen LogP contribution is 2.37. The SMILES string of the molecule is CCCC(CC(=O)[C@@H]1C[C@@H](OCc2ccccc2)CN1C(=O)C(CC(=O)CC1CCCCC1)C1CCCCC1)C(=O)C(=O)CCC(=O)N[C@@H](C(N)=O)c1ccccc1.